The van der Waals surface area contributed by atoms with E-state index in [0.29, 0.717) is 11.3 Å². The number of pyridine rings is 1. The Labute approximate surface area is 196 Å². The Morgan fingerprint density at radius 2 is 1.59 bits per heavy atom. The number of para-hydroxylation sites is 2. The number of fused-ring (bicyclic) bond motifs is 2. The van der Waals surface area contributed by atoms with E-state index in [9.17, 15) is 10.1 Å². The van der Waals surface area contributed by atoms with E-state index in [1.54, 1.807) is 24.4 Å². The van der Waals surface area contributed by atoms with E-state index in [2.05, 4.69) is 20.7 Å². The highest BCUT2D eigenvalue weighted by Crippen LogP contribution is 2.29. The molecule has 0 saturated heterocycles. The maximum atomic E-state index is 11.0. The van der Waals surface area contributed by atoms with E-state index in [0.717, 1.165) is 35.6 Å². The van der Waals surface area contributed by atoms with Crippen molar-refractivity contribution in [3.05, 3.63) is 101 Å². The van der Waals surface area contributed by atoms with Crippen molar-refractivity contribution in [2.45, 2.75) is 25.8 Å². The Morgan fingerprint density at radius 1 is 0.853 bits per heavy atom. The zero-order valence-electron chi connectivity index (χ0n) is 18.5. The fourth-order valence-corrected chi connectivity index (χ4v) is 4.19. The van der Waals surface area contributed by atoms with Gasteiger partial charge in [0.1, 0.15) is 11.5 Å². The second kappa shape index (κ2) is 9.19. The summed E-state index contributed by atoms with van der Waals surface area (Å²) in [6.07, 6.45) is 9.37. The van der Waals surface area contributed by atoms with Crippen molar-refractivity contribution in [3.63, 3.8) is 0 Å². The van der Waals surface area contributed by atoms with Crippen LogP contribution in [0.2, 0.25) is 0 Å². The quantitative estimate of drug-likeness (QED) is 0.225. The smallest absolute Gasteiger partial charge is 0.278 e. The Kier molecular flexibility index (Phi) is 5.78. The Morgan fingerprint density at radius 3 is 2.35 bits per heavy atom. The van der Waals surface area contributed by atoms with E-state index < -0.39 is 0 Å². The van der Waals surface area contributed by atoms with Crippen LogP contribution >= 0.6 is 0 Å². The first kappa shape index (κ1) is 21.4. The van der Waals surface area contributed by atoms with Crippen LogP contribution in [0.15, 0.2) is 85.3 Å². The number of rotatable bonds is 3. The molecule has 4 heterocycles. The van der Waals surface area contributed by atoms with Gasteiger partial charge in [0.2, 0.25) is 0 Å². The summed E-state index contributed by atoms with van der Waals surface area (Å²) < 4.78 is 4.09. The predicted octanol–water partition coefficient (Wildman–Crippen LogP) is 5.38. The summed E-state index contributed by atoms with van der Waals surface area (Å²) in [6.45, 7) is 1.09. The molecule has 8 heteroatoms. The van der Waals surface area contributed by atoms with Crippen LogP contribution in [0.1, 0.15) is 18.7 Å². The summed E-state index contributed by atoms with van der Waals surface area (Å²) in [6, 6.07) is 20.2. The molecule has 0 fully saturated rings. The Hall–Kier alpha value is -4.46. The fraction of sp³-hybridized carbons (Fsp3) is 0.154. The number of anilines is 1. The highest BCUT2D eigenvalue weighted by atomic mass is 16.6. The van der Waals surface area contributed by atoms with Crippen molar-refractivity contribution < 1.29 is 4.92 Å². The van der Waals surface area contributed by atoms with Crippen LogP contribution in [0.4, 0.5) is 11.4 Å². The molecule has 0 radical (unpaired) electrons. The minimum atomic E-state index is -0.390. The molecular formula is C26H24N6O2. The minimum Gasteiger partial charge on any atom is -0.398 e. The molecule has 0 spiro atoms. The SMILES string of the molecule is Nc1ccccc1-c1cn2c(n1)CCCC2.O=[N+]([O-])c1ccccc1-c1cn2ccccc2n1. The molecule has 2 aromatic carbocycles. The monoisotopic (exact) mass is 452 g/mol. The molecule has 0 saturated carbocycles. The summed E-state index contributed by atoms with van der Waals surface area (Å²) in [5, 5.41) is 11.0. The van der Waals surface area contributed by atoms with Crippen LogP contribution in [0, 0.1) is 10.1 Å². The van der Waals surface area contributed by atoms with E-state index in [4.69, 9.17) is 5.73 Å². The number of imidazole rings is 2. The topological polar surface area (TPSA) is 104 Å². The molecule has 0 aliphatic carbocycles. The first-order valence-electron chi connectivity index (χ1n) is 11.2. The van der Waals surface area contributed by atoms with Gasteiger partial charge in [-0.1, -0.05) is 36.4 Å². The van der Waals surface area contributed by atoms with Crippen molar-refractivity contribution >= 4 is 17.0 Å². The summed E-state index contributed by atoms with van der Waals surface area (Å²) in [5.74, 6) is 1.20. The zero-order chi connectivity index (χ0) is 23.5. The summed E-state index contributed by atoms with van der Waals surface area (Å²) >= 11 is 0. The largest absolute Gasteiger partial charge is 0.398 e. The van der Waals surface area contributed by atoms with Gasteiger partial charge in [-0.15, -0.1) is 0 Å². The number of nitrogens with zero attached hydrogens (tertiary/aromatic N) is 5. The van der Waals surface area contributed by atoms with Gasteiger partial charge in [-0.2, -0.15) is 0 Å². The number of aryl methyl sites for hydroxylation is 2. The first-order chi connectivity index (χ1) is 16.6. The molecule has 5 aromatic rings. The molecule has 170 valence electrons. The number of benzene rings is 2. The average Bonchev–Trinajstić information content (AvgIpc) is 3.49. The highest BCUT2D eigenvalue weighted by Gasteiger charge is 2.16. The van der Waals surface area contributed by atoms with Gasteiger partial charge in [-0.25, -0.2) is 9.97 Å². The van der Waals surface area contributed by atoms with E-state index in [1.165, 1.54) is 24.7 Å². The van der Waals surface area contributed by atoms with Gasteiger partial charge in [-0.3, -0.25) is 10.1 Å². The lowest BCUT2D eigenvalue weighted by Gasteiger charge is -2.11. The van der Waals surface area contributed by atoms with Crippen LogP contribution < -0.4 is 5.73 Å². The lowest BCUT2D eigenvalue weighted by atomic mass is 10.1. The Bertz CT molecular complexity index is 1410. The molecule has 0 amide bonds. The van der Waals surface area contributed by atoms with Crippen LogP contribution in [-0.2, 0) is 13.0 Å². The lowest BCUT2D eigenvalue weighted by Crippen LogP contribution is -2.08. The molecule has 0 unspecified atom stereocenters. The number of hydrogen-bond donors (Lipinski definition) is 1. The number of nitrogens with two attached hydrogens (primary N) is 1. The van der Waals surface area contributed by atoms with Crippen molar-refractivity contribution in [2.24, 2.45) is 0 Å². The van der Waals surface area contributed by atoms with Crippen molar-refractivity contribution in [3.8, 4) is 22.5 Å². The fourth-order valence-electron chi connectivity index (χ4n) is 4.19. The van der Waals surface area contributed by atoms with Crippen molar-refractivity contribution in [1.29, 1.82) is 0 Å². The molecule has 6 rings (SSSR count). The van der Waals surface area contributed by atoms with Crippen LogP contribution in [0.25, 0.3) is 28.2 Å². The van der Waals surface area contributed by atoms with Crippen molar-refractivity contribution in [2.75, 3.05) is 5.73 Å². The first-order valence-corrected chi connectivity index (χ1v) is 11.2. The highest BCUT2D eigenvalue weighted by molar-refractivity contribution is 5.73. The van der Waals surface area contributed by atoms with E-state index in [1.807, 2.05) is 53.1 Å². The third-order valence-electron chi connectivity index (χ3n) is 5.89. The number of nitro benzene ring substituents is 1. The number of nitro groups is 1. The van der Waals surface area contributed by atoms with Gasteiger partial charge in [0, 0.05) is 48.9 Å². The van der Waals surface area contributed by atoms with Gasteiger partial charge < -0.3 is 14.7 Å². The van der Waals surface area contributed by atoms with Gasteiger partial charge in [0.15, 0.2) is 0 Å². The molecule has 0 atom stereocenters. The van der Waals surface area contributed by atoms with Gasteiger partial charge in [-0.05, 0) is 37.1 Å². The van der Waals surface area contributed by atoms with Gasteiger partial charge >= 0.3 is 0 Å². The van der Waals surface area contributed by atoms with Crippen LogP contribution in [0.3, 0.4) is 0 Å². The summed E-state index contributed by atoms with van der Waals surface area (Å²) in [5.41, 5.74) is 10.8. The van der Waals surface area contributed by atoms with E-state index in [-0.39, 0.29) is 10.6 Å². The lowest BCUT2D eigenvalue weighted by molar-refractivity contribution is -0.384. The second-order valence-corrected chi connectivity index (χ2v) is 8.15. The molecule has 8 nitrogen and oxygen atoms in total. The molecule has 2 N–H and O–H groups in total. The predicted molar refractivity (Wildman–Crippen MR) is 132 cm³/mol. The minimum absolute atomic E-state index is 0.0703. The molecule has 0 bridgehead atoms. The number of nitrogen functional groups attached to an aromatic ring is 1. The maximum Gasteiger partial charge on any atom is 0.278 e. The van der Waals surface area contributed by atoms with Gasteiger partial charge in [0.25, 0.3) is 5.69 Å². The third kappa shape index (κ3) is 4.25. The van der Waals surface area contributed by atoms with Crippen molar-refractivity contribution in [1.82, 2.24) is 18.9 Å². The molecule has 34 heavy (non-hydrogen) atoms. The maximum absolute atomic E-state index is 11.0. The second-order valence-electron chi connectivity index (χ2n) is 8.15. The van der Waals surface area contributed by atoms with Crippen LogP contribution in [-0.4, -0.2) is 23.9 Å². The normalized spacial score (nSPS) is 12.6. The standard InChI is InChI=1S/C13H9N3O2.C13H15N3/c17-16(18)12-6-2-1-5-10(12)11-9-15-8-4-3-7-13(15)14-11;14-11-6-2-1-5-10(11)12-9-16-8-4-3-7-13(16)15-12/h1-9H;1-2,5-6,9H,3-4,7-8,14H2. The Balaban J connectivity index is 0.000000142. The molecular weight excluding hydrogens is 428 g/mol. The van der Waals surface area contributed by atoms with E-state index >= 15 is 0 Å². The summed E-state index contributed by atoms with van der Waals surface area (Å²) in [7, 11) is 0. The average molecular weight is 453 g/mol. The zero-order valence-corrected chi connectivity index (χ0v) is 18.5. The number of aromatic nitrogens is 4. The summed E-state index contributed by atoms with van der Waals surface area (Å²) in [4.78, 5) is 19.6. The molecule has 3 aromatic heterocycles. The molecule has 1 aliphatic rings. The number of hydrogen-bond acceptors (Lipinski definition) is 5. The third-order valence-corrected chi connectivity index (χ3v) is 5.89. The van der Waals surface area contributed by atoms with Gasteiger partial charge in [0.05, 0.1) is 21.9 Å². The van der Waals surface area contributed by atoms with Crippen LogP contribution in [0.5, 0.6) is 0 Å². The molecule has 1 aliphatic heterocycles.